The number of hydrogen-bond donors (Lipinski definition) is 1. The van der Waals surface area contributed by atoms with E-state index in [0.29, 0.717) is 6.54 Å². The summed E-state index contributed by atoms with van der Waals surface area (Å²) >= 11 is 0. The third-order valence-electron chi connectivity index (χ3n) is 3.43. The van der Waals surface area contributed by atoms with Crippen molar-refractivity contribution in [1.82, 2.24) is 4.90 Å². The Balaban J connectivity index is 2.70. The molecule has 1 rings (SSSR count). The molecule has 0 aliphatic carbocycles. The second kappa shape index (κ2) is 8.51. The van der Waals surface area contributed by atoms with Gasteiger partial charge in [-0.2, -0.15) is 0 Å². The Morgan fingerprint density at radius 2 is 1.95 bits per heavy atom. The van der Waals surface area contributed by atoms with Crippen molar-refractivity contribution in [3.05, 3.63) is 35.6 Å². The van der Waals surface area contributed by atoms with E-state index in [2.05, 4.69) is 0 Å². The summed E-state index contributed by atoms with van der Waals surface area (Å²) in [6, 6.07) is 6.23. The minimum atomic E-state index is -0.917. The van der Waals surface area contributed by atoms with Gasteiger partial charge in [0.25, 0.3) is 0 Å². The number of hydrogen-bond acceptors (Lipinski definition) is 2. The molecular weight excluding hydrogens is 285 g/mol. The number of benzene rings is 1. The van der Waals surface area contributed by atoms with Gasteiger partial charge < -0.3 is 10.0 Å². The Morgan fingerprint density at radius 1 is 1.27 bits per heavy atom. The summed E-state index contributed by atoms with van der Waals surface area (Å²) in [5.41, 5.74) is 0.774. The molecule has 0 aliphatic heterocycles. The molecule has 1 amide bonds. The van der Waals surface area contributed by atoms with Gasteiger partial charge >= 0.3 is 5.97 Å². The van der Waals surface area contributed by atoms with Gasteiger partial charge in [-0.15, -0.1) is 0 Å². The first-order valence-electron chi connectivity index (χ1n) is 7.54. The van der Waals surface area contributed by atoms with Crippen LogP contribution in [-0.4, -0.2) is 35.0 Å². The molecule has 0 bridgehead atoms. The number of rotatable bonds is 8. The van der Waals surface area contributed by atoms with E-state index in [1.165, 1.54) is 12.1 Å². The average Bonchev–Trinajstić information content (AvgIpc) is 2.42. The predicted octanol–water partition coefficient (Wildman–Crippen LogP) is 3.28. The molecule has 5 heteroatoms. The minimum Gasteiger partial charge on any atom is -0.481 e. The number of carbonyl (C=O) groups excluding carboxylic acids is 1. The fourth-order valence-electron chi connectivity index (χ4n) is 2.31. The topological polar surface area (TPSA) is 57.6 Å². The Labute approximate surface area is 130 Å². The van der Waals surface area contributed by atoms with Crippen molar-refractivity contribution in [1.29, 1.82) is 0 Å². The molecule has 0 heterocycles. The maximum atomic E-state index is 13.2. The number of nitrogens with zero attached hydrogens (tertiary/aromatic N) is 1. The van der Waals surface area contributed by atoms with Crippen LogP contribution >= 0.6 is 0 Å². The number of carboxylic acids is 1. The van der Waals surface area contributed by atoms with E-state index in [0.717, 1.165) is 5.56 Å². The molecule has 0 saturated carbocycles. The largest absolute Gasteiger partial charge is 0.481 e. The fourth-order valence-corrected chi connectivity index (χ4v) is 2.31. The average molecular weight is 309 g/mol. The van der Waals surface area contributed by atoms with Crippen LogP contribution < -0.4 is 0 Å². The van der Waals surface area contributed by atoms with Crippen molar-refractivity contribution in [2.45, 2.75) is 39.5 Å². The van der Waals surface area contributed by atoms with Gasteiger partial charge in [-0.25, -0.2) is 4.39 Å². The van der Waals surface area contributed by atoms with Crippen LogP contribution in [0.25, 0.3) is 0 Å². The van der Waals surface area contributed by atoms with E-state index in [1.54, 1.807) is 17.0 Å². The first kappa shape index (κ1) is 18.1. The molecular formula is C17H24FNO3. The van der Waals surface area contributed by atoms with Gasteiger partial charge in [0.2, 0.25) is 5.91 Å². The molecule has 0 radical (unpaired) electrons. The predicted molar refractivity (Wildman–Crippen MR) is 83.1 cm³/mol. The van der Waals surface area contributed by atoms with E-state index in [-0.39, 0.29) is 42.9 Å². The zero-order valence-corrected chi connectivity index (χ0v) is 13.4. The van der Waals surface area contributed by atoms with Gasteiger partial charge in [0.1, 0.15) is 5.82 Å². The lowest BCUT2D eigenvalue weighted by molar-refractivity contribution is -0.138. The zero-order valence-electron chi connectivity index (χ0n) is 13.4. The SMILES string of the molecule is CC(C)CN(CCC(=O)O)C(=O)CC(C)c1cccc(F)c1. The molecule has 1 N–H and O–H groups in total. The van der Waals surface area contributed by atoms with Gasteiger partial charge in [-0.1, -0.05) is 32.9 Å². The lowest BCUT2D eigenvalue weighted by Gasteiger charge is -2.25. The van der Waals surface area contributed by atoms with Crippen LogP contribution in [0.1, 0.15) is 45.1 Å². The van der Waals surface area contributed by atoms with Crippen LogP contribution in [0.5, 0.6) is 0 Å². The smallest absolute Gasteiger partial charge is 0.305 e. The van der Waals surface area contributed by atoms with Gasteiger partial charge in [0.05, 0.1) is 6.42 Å². The molecule has 0 saturated heterocycles. The van der Waals surface area contributed by atoms with E-state index in [4.69, 9.17) is 5.11 Å². The number of aliphatic carboxylic acids is 1. The highest BCUT2D eigenvalue weighted by atomic mass is 19.1. The molecule has 1 unspecified atom stereocenters. The van der Waals surface area contributed by atoms with E-state index in [1.807, 2.05) is 20.8 Å². The van der Waals surface area contributed by atoms with Crippen LogP contribution in [0.4, 0.5) is 4.39 Å². The van der Waals surface area contributed by atoms with Crippen LogP contribution in [0.3, 0.4) is 0 Å². The van der Waals surface area contributed by atoms with Crippen molar-refractivity contribution in [2.24, 2.45) is 5.92 Å². The summed E-state index contributed by atoms with van der Waals surface area (Å²) in [6.07, 6.45) is 0.183. The molecule has 4 nitrogen and oxygen atoms in total. The van der Waals surface area contributed by atoms with Gasteiger partial charge in [-0.05, 0) is 29.5 Å². The molecule has 0 aliphatic rings. The maximum Gasteiger partial charge on any atom is 0.305 e. The normalized spacial score (nSPS) is 12.2. The number of halogens is 1. The standard InChI is InChI=1S/C17H24FNO3/c1-12(2)11-19(8-7-17(21)22)16(20)9-13(3)14-5-4-6-15(18)10-14/h4-6,10,12-13H,7-9,11H2,1-3H3,(H,21,22). The van der Waals surface area contributed by atoms with Crippen molar-refractivity contribution < 1.29 is 19.1 Å². The van der Waals surface area contributed by atoms with Gasteiger partial charge in [0, 0.05) is 19.5 Å². The lowest BCUT2D eigenvalue weighted by Crippen LogP contribution is -2.36. The van der Waals surface area contributed by atoms with Crippen molar-refractivity contribution in [3.63, 3.8) is 0 Å². The Bertz CT molecular complexity index is 516. The molecule has 122 valence electrons. The highest BCUT2D eigenvalue weighted by Crippen LogP contribution is 2.21. The summed E-state index contributed by atoms with van der Waals surface area (Å²) in [5, 5.41) is 8.79. The summed E-state index contributed by atoms with van der Waals surface area (Å²) < 4.78 is 13.2. The third-order valence-corrected chi connectivity index (χ3v) is 3.43. The minimum absolute atomic E-state index is 0.0627. The summed E-state index contributed by atoms with van der Waals surface area (Å²) in [4.78, 5) is 24.7. The van der Waals surface area contributed by atoms with Crippen LogP contribution in [0, 0.1) is 11.7 Å². The molecule has 0 spiro atoms. The second-order valence-electron chi connectivity index (χ2n) is 6.04. The molecule has 0 aromatic heterocycles. The van der Waals surface area contributed by atoms with E-state index < -0.39 is 5.97 Å². The zero-order chi connectivity index (χ0) is 16.7. The van der Waals surface area contributed by atoms with Gasteiger partial charge in [0.15, 0.2) is 0 Å². The Morgan fingerprint density at radius 3 is 2.50 bits per heavy atom. The van der Waals surface area contributed by atoms with E-state index >= 15 is 0 Å². The molecule has 1 aromatic rings. The summed E-state index contributed by atoms with van der Waals surface area (Å²) in [7, 11) is 0. The fraction of sp³-hybridized carbons (Fsp3) is 0.529. The van der Waals surface area contributed by atoms with Crippen molar-refractivity contribution >= 4 is 11.9 Å². The maximum absolute atomic E-state index is 13.2. The van der Waals surface area contributed by atoms with Gasteiger partial charge in [-0.3, -0.25) is 9.59 Å². The first-order chi connectivity index (χ1) is 10.3. The van der Waals surface area contributed by atoms with Crippen LogP contribution in [-0.2, 0) is 9.59 Å². The Hall–Kier alpha value is -1.91. The van der Waals surface area contributed by atoms with Crippen molar-refractivity contribution in [2.75, 3.05) is 13.1 Å². The summed E-state index contributed by atoms with van der Waals surface area (Å²) in [5.74, 6) is -1.17. The monoisotopic (exact) mass is 309 g/mol. The Kier molecular flexibility index (Phi) is 7.02. The second-order valence-corrected chi connectivity index (χ2v) is 6.04. The molecule has 0 fully saturated rings. The summed E-state index contributed by atoms with van der Waals surface area (Å²) in [6.45, 7) is 6.58. The highest BCUT2D eigenvalue weighted by molar-refractivity contribution is 5.78. The van der Waals surface area contributed by atoms with Crippen molar-refractivity contribution in [3.8, 4) is 0 Å². The lowest BCUT2D eigenvalue weighted by atomic mass is 9.97. The third kappa shape index (κ3) is 6.24. The molecule has 22 heavy (non-hydrogen) atoms. The van der Waals surface area contributed by atoms with Crippen LogP contribution in [0.15, 0.2) is 24.3 Å². The van der Waals surface area contributed by atoms with Crippen LogP contribution in [0.2, 0.25) is 0 Å². The number of carbonyl (C=O) groups is 2. The number of amides is 1. The first-order valence-corrected chi connectivity index (χ1v) is 7.54. The molecule has 1 aromatic carbocycles. The quantitative estimate of drug-likeness (QED) is 0.801. The van der Waals surface area contributed by atoms with E-state index in [9.17, 15) is 14.0 Å². The number of carboxylic acid groups (broad SMARTS) is 1. The molecule has 1 atom stereocenters. The highest BCUT2D eigenvalue weighted by Gasteiger charge is 2.19.